The monoisotopic (exact) mass is 297 g/mol. The summed E-state index contributed by atoms with van der Waals surface area (Å²) in [5.74, 6) is 0. The molecule has 20 heavy (non-hydrogen) atoms. The van der Waals surface area contributed by atoms with Crippen LogP contribution in [0.2, 0.25) is 0 Å². The Morgan fingerprint density at radius 1 is 1.25 bits per heavy atom. The number of aryl methyl sites for hydroxylation is 2. The van der Waals surface area contributed by atoms with E-state index in [0.29, 0.717) is 11.5 Å². The molecule has 1 atom stereocenters. The van der Waals surface area contributed by atoms with Gasteiger partial charge in [0.2, 0.25) is 10.0 Å². The van der Waals surface area contributed by atoms with Crippen LogP contribution < -0.4 is 4.72 Å². The topological polar surface area (TPSA) is 55.4 Å². The van der Waals surface area contributed by atoms with E-state index in [0.717, 1.165) is 37.9 Å². The fraction of sp³-hybridized carbons (Fsp3) is 0.600. The minimum atomic E-state index is -3.45. The van der Waals surface area contributed by atoms with Gasteiger partial charge in [-0.2, -0.15) is 0 Å². The summed E-state index contributed by atoms with van der Waals surface area (Å²) in [7, 11) is -3.45. The van der Waals surface area contributed by atoms with E-state index in [1.807, 2.05) is 13.0 Å². The summed E-state index contributed by atoms with van der Waals surface area (Å²) in [6.07, 6.45) is 3.52. The van der Waals surface area contributed by atoms with Crippen LogP contribution in [0.5, 0.6) is 0 Å². The highest BCUT2D eigenvalue weighted by Crippen LogP contribution is 2.18. The molecule has 0 amide bonds. The van der Waals surface area contributed by atoms with Crippen molar-refractivity contribution < 1.29 is 13.2 Å². The molecule has 0 saturated carbocycles. The Hall–Kier alpha value is -0.910. The van der Waals surface area contributed by atoms with Crippen molar-refractivity contribution in [2.75, 3.05) is 13.2 Å². The largest absolute Gasteiger partial charge is 0.380 e. The molecule has 0 spiro atoms. The highest BCUT2D eigenvalue weighted by atomic mass is 32.2. The number of hydrogen-bond acceptors (Lipinski definition) is 3. The Morgan fingerprint density at radius 2 is 2.00 bits per heavy atom. The van der Waals surface area contributed by atoms with Crippen molar-refractivity contribution in [2.24, 2.45) is 0 Å². The third kappa shape index (κ3) is 3.59. The van der Waals surface area contributed by atoms with Crippen molar-refractivity contribution in [3.63, 3.8) is 0 Å². The van der Waals surface area contributed by atoms with Crippen LogP contribution in [0.1, 0.15) is 37.8 Å². The van der Waals surface area contributed by atoms with Gasteiger partial charge in [-0.3, -0.25) is 0 Å². The summed E-state index contributed by atoms with van der Waals surface area (Å²) in [6, 6.07) is 5.31. The van der Waals surface area contributed by atoms with Gasteiger partial charge >= 0.3 is 0 Å². The lowest BCUT2D eigenvalue weighted by molar-refractivity contribution is 0.0774. The third-order valence-electron chi connectivity index (χ3n) is 3.73. The average molecular weight is 297 g/mol. The molecule has 1 N–H and O–H groups in total. The zero-order chi connectivity index (χ0) is 14.6. The van der Waals surface area contributed by atoms with Gasteiger partial charge in [0.1, 0.15) is 0 Å². The molecule has 1 aliphatic heterocycles. The van der Waals surface area contributed by atoms with Gasteiger partial charge in [0, 0.05) is 12.6 Å². The highest BCUT2D eigenvalue weighted by molar-refractivity contribution is 7.89. The molecular formula is C15H23NO3S. The molecule has 4 nitrogen and oxygen atoms in total. The minimum Gasteiger partial charge on any atom is -0.380 e. The van der Waals surface area contributed by atoms with Crippen LogP contribution in [0.25, 0.3) is 0 Å². The standard InChI is InChI=1S/C15H23NO3S/c1-3-12-7-8-15(10-13(12)4-2)20(17,18)16-14-6-5-9-19-11-14/h7-8,10,14,16H,3-6,9,11H2,1-2H3. The Morgan fingerprint density at radius 3 is 2.60 bits per heavy atom. The van der Waals surface area contributed by atoms with E-state index in [9.17, 15) is 8.42 Å². The number of hydrogen-bond donors (Lipinski definition) is 1. The first-order valence-electron chi connectivity index (χ1n) is 7.28. The molecule has 112 valence electrons. The molecule has 0 bridgehead atoms. The van der Waals surface area contributed by atoms with Crippen molar-refractivity contribution in [1.82, 2.24) is 4.72 Å². The number of nitrogens with one attached hydrogen (secondary N) is 1. The molecule has 1 fully saturated rings. The molecule has 5 heteroatoms. The molecule has 1 heterocycles. The zero-order valence-corrected chi connectivity index (χ0v) is 13.0. The lowest BCUT2D eigenvalue weighted by atomic mass is 10.0. The van der Waals surface area contributed by atoms with Gasteiger partial charge < -0.3 is 4.74 Å². The van der Waals surface area contributed by atoms with E-state index < -0.39 is 10.0 Å². The van der Waals surface area contributed by atoms with Crippen molar-refractivity contribution in [2.45, 2.75) is 50.5 Å². The summed E-state index contributed by atoms with van der Waals surface area (Å²) in [4.78, 5) is 0.358. The van der Waals surface area contributed by atoms with Crippen LogP contribution >= 0.6 is 0 Å². The molecule has 0 aromatic heterocycles. The van der Waals surface area contributed by atoms with E-state index in [-0.39, 0.29) is 6.04 Å². The molecule has 2 rings (SSSR count). The molecule has 1 aromatic carbocycles. The molecular weight excluding hydrogens is 274 g/mol. The molecule has 1 aliphatic rings. The molecule has 1 saturated heterocycles. The van der Waals surface area contributed by atoms with E-state index in [1.165, 1.54) is 5.56 Å². The van der Waals surface area contributed by atoms with Gasteiger partial charge in [0.05, 0.1) is 11.5 Å². The lowest BCUT2D eigenvalue weighted by Gasteiger charge is -2.23. The van der Waals surface area contributed by atoms with Crippen molar-refractivity contribution in [3.8, 4) is 0 Å². The molecule has 0 radical (unpaired) electrons. The predicted molar refractivity (Wildman–Crippen MR) is 79.4 cm³/mol. The SMILES string of the molecule is CCc1ccc(S(=O)(=O)NC2CCCOC2)cc1CC. The average Bonchev–Trinajstić information content (AvgIpc) is 2.47. The number of rotatable bonds is 5. The van der Waals surface area contributed by atoms with Crippen molar-refractivity contribution in [1.29, 1.82) is 0 Å². The van der Waals surface area contributed by atoms with Gasteiger partial charge in [-0.15, -0.1) is 0 Å². The summed E-state index contributed by atoms with van der Waals surface area (Å²) < 4.78 is 32.9. The van der Waals surface area contributed by atoms with Crippen LogP contribution in [0.4, 0.5) is 0 Å². The Kier molecular flexibility index (Phi) is 5.18. The fourth-order valence-electron chi connectivity index (χ4n) is 2.56. The first-order valence-corrected chi connectivity index (χ1v) is 8.77. The smallest absolute Gasteiger partial charge is 0.240 e. The zero-order valence-electron chi connectivity index (χ0n) is 12.2. The second-order valence-corrected chi connectivity index (χ2v) is 6.89. The van der Waals surface area contributed by atoms with Crippen molar-refractivity contribution in [3.05, 3.63) is 29.3 Å². The summed E-state index contributed by atoms with van der Waals surface area (Å²) in [6.45, 7) is 5.32. The maximum absolute atomic E-state index is 12.4. The second kappa shape index (κ2) is 6.70. The molecule has 1 aromatic rings. The molecule has 1 unspecified atom stereocenters. The van der Waals surface area contributed by atoms with Crippen LogP contribution in [0, 0.1) is 0 Å². The van der Waals surface area contributed by atoms with Crippen LogP contribution in [-0.4, -0.2) is 27.7 Å². The fourth-order valence-corrected chi connectivity index (χ4v) is 3.87. The number of sulfonamides is 1. The highest BCUT2D eigenvalue weighted by Gasteiger charge is 2.22. The van der Waals surface area contributed by atoms with Crippen LogP contribution in [0.3, 0.4) is 0 Å². The third-order valence-corrected chi connectivity index (χ3v) is 5.25. The minimum absolute atomic E-state index is 0.107. The Bertz CT molecular complexity index is 548. The van der Waals surface area contributed by atoms with E-state index in [2.05, 4.69) is 11.6 Å². The van der Waals surface area contributed by atoms with Gasteiger partial charge in [-0.1, -0.05) is 19.9 Å². The summed E-state index contributed by atoms with van der Waals surface area (Å²) in [5, 5.41) is 0. The van der Waals surface area contributed by atoms with E-state index in [4.69, 9.17) is 4.74 Å². The van der Waals surface area contributed by atoms with Crippen LogP contribution in [-0.2, 0) is 27.6 Å². The first-order chi connectivity index (χ1) is 9.56. The number of benzene rings is 1. The Labute approximate surface area is 121 Å². The normalized spacial score (nSPS) is 20.0. The maximum Gasteiger partial charge on any atom is 0.240 e. The predicted octanol–water partition coefficient (Wildman–Crippen LogP) is 2.27. The lowest BCUT2D eigenvalue weighted by Crippen LogP contribution is -2.40. The van der Waals surface area contributed by atoms with E-state index >= 15 is 0 Å². The number of ether oxygens (including phenoxy) is 1. The van der Waals surface area contributed by atoms with Gasteiger partial charge in [0.25, 0.3) is 0 Å². The quantitative estimate of drug-likeness (QED) is 0.907. The van der Waals surface area contributed by atoms with Gasteiger partial charge in [0.15, 0.2) is 0 Å². The van der Waals surface area contributed by atoms with Crippen LogP contribution in [0.15, 0.2) is 23.1 Å². The summed E-state index contributed by atoms with van der Waals surface area (Å²) in [5.41, 5.74) is 2.32. The second-order valence-electron chi connectivity index (χ2n) is 5.17. The van der Waals surface area contributed by atoms with Crippen molar-refractivity contribution >= 4 is 10.0 Å². The molecule has 0 aliphatic carbocycles. The van der Waals surface area contributed by atoms with E-state index in [1.54, 1.807) is 12.1 Å². The summed E-state index contributed by atoms with van der Waals surface area (Å²) >= 11 is 0. The first kappa shape index (κ1) is 15.5. The maximum atomic E-state index is 12.4. The van der Waals surface area contributed by atoms with Gasteiger partial charge in [-0.05, 0) is 48.9 Å². The Balaban J connectivity index is 2.20. The van der Waals surface area contributed by atoms with Gasteiger partial charge in [-0.25, -0.2) is 13.1 Å².